The molecule has 0 aliphatic carbocycles. The molecule has 1 aromatic rings. The van der Waals surface area contributed by atoms with Crippen molar-refractivity contribution in [3.05, 3.63) is 42.5 Å². The fraction of sp³-hybridized carbons (Fsp3) is 0.357. The zero-order valence-electron chi connectivity index (χ0n) is 9.70. The summed E-state index contributed by atoms with van der Waals surface area (Å²) < 4.78 is 0. The first-order chi connectivity index (χ1) is 7.20. The fourth-order valence-corrected chi connectivity index (χ4v) is 1.01. The minimum Gasteiger partial charge on any atom is -0.300 e. The first-order valence-electron chi connectivity index (χ1n) is 5.37. The lowest BCUT2D eigenvalue weighted by atomic mass is 10.2. The van der Waals surface area contributed by atoms with Gasteiger partial charge >= 0.3 is 0 Å². The molecule has 0 atom stereocenters. The van der Waals surface area contributed by atoms with Crippen LogP contribution in [0, 0.1) is 0 Å². The molecule has 0 amide bonds. The average molecular weight is 204 g/mol. The van der Waals surface area contributed by atoms with Crippen molar-refractivity contribution in [1.29, 1.82) is 0 Å². The summed E-state index contributed by atoms with van der Waals surface area (Å²) in [6.07, 6.45) is 4.77. The van der Waals surface area contributed by atoms with Gasteiger partial charge < -0.3 is 4.79 Å². The van der Waals surface area contributed by atoms with Crippen LogP contribution < -0.4 is 0 Å². The molecule has 0 aliphatic heterocycles. The molecule has 1 rings (SSSR count). The Morgan fingerprint density at radius 2 is 1.93 bits per heavy atom. The normalized spacial score (nSPS) is 8.67. The van der Waals surface area contributed by atoms with Crippen molar-refractivity contribution in [2.45, 2.75) is 33.1 Å². The first kappa shape index (κ1) is 13.6. The van der Waals surface area contributed by atoms with Crippen LogP contribution in [0.2, 0.25) is 0 Å². The van der Waals surface area contributed by atoms with Crippen LogP contribution in [0.5, 0.6) is 0 Å². The topological polar surface area (TPSA) is 17.1 Å². The molecule has 0 spiro atoms. The molecule has 1 heteroatoms. The minimum absolute atomic E-state index is 0.307. The van der Waals surface area contributed by atoms with Crippen LogP contribution in [0.3, 0.4) is 0 Å². The van der Waals surface area contributed by atoms with Gasteiger partial charge in [0.25, 0.3) is 0 Å². The second-order valence-electron chi connectivity index (χ2n) is 3.42. The van der Waals surface area contributed by atoms with Crippen molar-refractivity contribution in [3.63, 3.8) is 0 Å². The van der Waals surface area contributed by atoms with Gasteiger partial charge in [0.05, 0.1) is 0 Å². The van der Waals surface area contributed by atoms with E-state index in [4.69, 9.17) is 0 Å². The van der Waals surface area contributed by atoms with Crippen molar-refractivity contribution in [2.24, 2.45) is 0 Å². The summed E-state index contributed by atoms with van der Waals surface area (Å²) in [4.78, 5) is 10.2. The van der Waals surface area contributed by atoms with Gasteiger partial charge in [-0.2, -0.15) is 0 Å². The van der Waals surface area contributed by atoms with Gasteiger partial charge in [0, 0.05) is 6.42 Å². The standard InChI is InChI=1S/C8H8.C6H12O/c1-2-8-6-4-3-5-7-8;1-3-4-5-6(2)7/h2-7H,1H2;3-5H2,1-2H3. The summed E-state index contributed by atoms with van der Waals surface area (Å²) >= 11 is 0. The number of rotatable bonds is 4. The number of carbonyl (C=O) groups is 1. The van der Waals surface area contributed by atoms with Gasteiger partial charge in [-0.3, -0.25) is 0 Å². The van der Waals surface area contributed by atoms with E-state index in [0.717, 1.165) is 19.3 Å². The van der Waals surface area contributed by atoms with E-state index in [0.29, 0.717) is 5.78 Å². The number of Topliss-reactive ketones (excluding diaryl/α,β-unsaturated/α-hetero) is 1. The van der Waals surface area contributed by atoms with E-state index in [1.165, 1.54) is 5.56 Å². The Balaban J connectivity index is 0.000000265. The van der Waals surface area contributed by atoms with Crippen molar-refractivity contribution in [3.8, 4) is 0 Å². The van der Waals surface area contributed by atoms with Crippen LogP contribution in [-0.4, -0.2) is 5.78 Å². The molecule has 82 valence electrons. The van der Waals surface area contributed by atoms with E-state index in [9.17, 15) is 4.79 Å². The lowest BCUT2D eigenvalue weighted by Gasteiger charge is -1.86. The molecule has 0 N–H and O–H groups in total. The summed E-state index contributed by atoms with van der Waals surface area (Å²) in [6.45, 7) is 7.35. The monoisotopic (exact) mass is 204 g/mol. The summed E-state index contributed by atoms with van der Waals surface area (Å²) in [5.41, 5.74) is 1.17. The Hall–Kier alpha value is -1.37. The van der Waals surface area contributed by atoms with Crippen LogP contribution in [0.25, 0.3) is 6.08 Å². The Kier molecular flexibility index (Phi) is 8.36. The number of unbranched alkanes of at least 4 members (excludes halogenated alkanes) is 1. The number of benzene rings is 1. The highest BCUT2D eigenvalue weighted by Gasteiger charge is 1.87. The molecule has 1 nitrogen and oxygen atoms in total. The number of hydrogen-bond donors (Lipinski definition) is 0. The molecule has 0 saturated carbocycles. The van der Waals surface area contributed by atoms with Crippen LogP contribution >= 0.6 is 0 Å². The van der Waals surface area contributed by atoms with Crippen molar-refractivity contribution < 1.29 is 4.79 Å². The Labute approximate surface area is 92.8 Å². The van der Waals surface area contributed by atoms with Crippen molar-refractivity contribution in [1.82, 2.24) is 0 Å². The third kappa shape index (κ3) is 8.95. The second-order valence-corrected chi connectivity index (χ2v) is 3.42. The zero-order chi connectivity index (χ0) is 11.5. The molecule has 0 bridgehead atoms. The third-order valence-electron chi connectivity index (χ3n) is 1.92. The van der Waals surface area contributed by atoms with E-state index in [2.05, 4.69) is 13.5 Å². The largest absolute Gasteiger partial charge is 0.300 e. The summed E-state index contributed by atoms with van der Waals surface area (Å²) in [6, 6.07) is 10.0. The molecule has 15 heavy (non-hydrogen) atoms. The molecule has 0 heterocycles. The van der Waals surface area contributed by atoms with Crippen LogP contribution in [0.1, 0.15) is 38.7 Å². The van der Waals surface area contributed by atoms with E-state index >= 15 is 0 Å². The van der Waals surface area contributed by atoms with Crippen LogP contribution in [0.4, 0.5) is 0 Å². The molecule has 0 aromatic heterocycles. The zero-order valence-corrected chi connectivity index (χ0v) is 9.70. The molecule has 0 aliphatic rings. The maximum Gasteiger partial charge on any atom is 0.129 e. The average Bonchev–Trinajstić information content (AvgIpc) is 2.28. The van der Waals surface area contributed by atoms with Gasteiger partial charge in [-0.25, -0.2) is 0 Å². The Morgan fingerprint density at radius 1 is 1.33 bits per heavy atom. The van der Waals surface area contributed by atoms with Crippen LogP contribution in [0.15, 0.2) is 36.9 Å². The van der Waals surface area contributed by atoms with Gasteiger partial charge in [-0.15, -0.1) is 0 Å². The SMILES string of the molecule is C=Cc1ccccc1.CCCCC(C)=O. The highest BCUT2D eigenvalue weighted by molar-refractivity contribution is 5.75. The smallest absolute Gasteiger partial charge is 0.129 e. The number of hydrogen-bond acceptors (Lipinski definition) is 1. The summed E-state index contributed by atoms with van der Waals surface area (Å²) in [7, 11) is 0. The second kappa shape index (κ2) is 9.20. The quantitative estimate of drug-likeness (QED) is 0.721. The predicted molar refractivity (Wildman–Crippen MR) is 66.7 cm³/mol. The lowest BCUT2D eigenvalue weighted by molar-refractivity contribution is -0.117. The Morgan fingerprint density at radius 3 is 2.20 bits per heavy atom. The Bertz CT molecular complexity index is 275. The molecule has 1 aromatic carbocycles. The predicted octanol–water partition coefficient (Wildman–Crippen LogP) is 4.10. The summed E-state index contributed by atoms with van der Waals surface area (Å²) in [5.74, 6) is 0.307. The molecule has 0 radical (unpaired) electrons. The van der Waals surface area contributed by atoms with Crippen molar-refractivity contribution in [2.75, 3.05) is 0 Å². The van der Waals surface area contributed by atoms with E-state index < -0.39 is 0 Å². The third-order valence-corrected chi connectivity index (χ3v) is 1.92. The molecular weight excluding hydrogens is 184 g/mol. The van der Waals surface area contributed by atoms with Crippen molar-refractivity contribution >= 4 is 11.9 Å². The number of carbonyl (C=O) groups excluding carboxylic acids is 1. The highest BCUT2D eigenvalue weighted by atomic mass is 16.1. The fourth-order valence-electron chi connectivity index (χ4n) is 1.01. The summed E-state index contributed by atoms with van der Waals surface area (Å²) in [5, 5.41) is 0. The molecule has 0 saturated heterocycles. The van der Waals surface area contributed by atoms with Gasteiger partial charge in [0.15, 0.2) is 0 Å². The molecule has 0 unspecified atom stereocenters. The lowest BCUT2D eigenvalue weighted by Crippen LogP contribution is -1.86. The maximum absolute atomic E-state index is 10.2. The minimum atomic E-state index is 0.307. The number of ketones is 1. The van der Waals surface area contributed by atoms with E-state index in [-0.39, 0.29) is 0 Å². The van der Waals surface area contributed by atoms with Gasteiger partial charge in [0.2, 0.25) is 0 Å². The van der Waals surface area contributed by atoms with Crippen LogP contribution in [-0.2, 0) is 4.79 Å². The maximum atomic E-state index is 10.2. The first-order valence-corrected chi connectivity index (χ1v) is 5.37. The molecular formula is C14H20O. The van der Waals surface area contributed by atoms with E-state index in [1.54, 1.807) is 6.92 Å². The highest BCUT2D eigenvalue weighted by Crippen LogP contribution is 1.97. The van der Waals surface area contributed by atoms with Gasteiger partial charge in [-0.1, -0.05) is 56.3 Å². The molecule has 0 fully saturated rings. The van der Waals surface area contributed by atoms with Gasteiger partial charge in [-0.05, 0) is 18.9 Å². The van der Waals surface area contributed by atoms with E-state index in [1.807, 2.05) is 36.4 Å². The van der Waals surface area contributed by atoms with Gasteiger partial charge in [0.1, 0.15) is 5.78 Å².